The number of aromatic nitrogens is 3. The molecule has 0 aliphatic rings. The van der Waals surface area contributed by atoms with Crippen LogP contribution in [0.3, 0.4) is 0 Å². The van der Waals surface area contributed by atoms with Crippen molar-refractivity contribution < 1.29 is 4.79 Å². The van der Waals surface area contributed by atoms with Crippen molar-refractivity contribution in [3.63, 3.8) is 0 Å². The molecule has 6 nitrogen and oxygen atoms in total. The maximum absolute atomic E-state index is 11.7. The van der Waals surface area contributed by atoms with Crippen molar-refractivity contribution in [2.24, 2.45) is 0 Å². The maximum atomic E-state index is 11.7. The van der Waals surface area contributed by atoms with Crippen LogP contribution in [0.1, 0.15) is 35.5 Å². The summed E-state index contributed by atoms with van der Waals surface area (Å²) in [5, 5.41) is 17.8. The zero-order valence-electron chi connectivity index (χ0n) is 11.5. The highest BCUT2D eigenvalue weighted by Crippen LogP contribution is 2.16. The molecule has 2 N–H and O–H groups in total. The number of unbranched alkanes of at least 4 members (excludes halogenated alkanes) is 1. The highest BCUT2D eigenvalue weighted by Gasteiger charge is 2.08. The fourth-order valence-corrected chi connectivity index (χ4v) is 2.92. The molecule has 0 radical (unpaired) electrons. The minimum absolute atomic E-state index is 0.283. The molecule has 2 rings (SSSR count). The number of hydrogen-bond acceptors (Lipinski definition) is 6. The Balaban J connectivity index is 1.77. The zero-order chi connectivity index (χ0) is 14.4. The number of carbonyl (C=O) groups is 1. The van der Waals surface area contributed by atoms with Crippen LogP contribution in [0.5, 0.6) is 0 Å². The lowest BCUT2D eigenvalue weighted by Gasteiger charge is -2.02. The van der Waals surface area contributed by atoms with Gasteiger partial charge in [0.15, 0.2) is 0 Å². The number of anilines is 1. The summed E-state index contributed by atoms with van der Waals surface area (Å²) in [4.78, 5) is 16.0. The lowest BCUT2D eigenvalue weighted by Crippen LogP contribution is -2.28. The van der Waals surface area contributed by atoms with Crippen molar-refractivity contribution >= 4 is 33.8 Å². The van der Waals surface area contributed by atoms with Gasteiger partial charge in [-0.25, -0.2) is 9.78 Å². The molecule has 2 amide bonds. The summed E-state index contributed by atoms with van der Waals surface area (Å²) in [6.07, 6.45) is 3.12. The summed E-state index contributed by atoms with van der Waals surface area (Å²) in [6.45, 7) is 4.48. The van der Waals surface area contributed by atoms with Crippen LogP contribution in [0.15, 0.2) is 5.38 Å². The van der Waals surface area contributed by atoms with Gasteiger partial charge in [0.05, 0.1) is 17.2 Å². The van der Waals surface area contributed by atoms with Crippen LogP contribution in [0.25, 0.3) is 0 Å². The number of nitrogens with one attached hydrogen (secondary N) is 2. The van der Waals surface area contributed by atoms with Gasteiger partial charge in [-0.3, -0.25) is 5.32 Å². The lowest BCUT2D eigenvalue weighted by atomic mass is 10.3. The molecule has 0 spiro atoms. The standard InChI is InChI=1S/C12H17N5OS2/c1-3-4-5-10-16-17-12(20-10)15-11(18)13-6-9-7-19-8(2)14-9/h7H,3-6H2,1-2H3,(H2,13,15,17,18). The van der Waals surface area contributed by atoms with Gasteiger partial charge >= 0.3 is 6.03 Å². The van der Waals surface area contributed by atoms with E-state index < -0.39 is 0 Å². The Morgan fingerprint density at radius 1 is 1.40 bits per heavy atom. The van der Waals surface area contributed by atoms with Gasteiger partial charge in [0, 0.05) is 11.8 Å². The number of aryl methyl sites for hydroxylation is 2. The second kappa shape index (κ2) is 7.30. The van der Waals surface area contributed by atoms with Crippen LogP contribution in [0.2, 0.25) is 0 Å². The first-order valence-electron chi connectivity index (χ1n) is 6.45. The Kier molecular flexibility index (Phi) is 5.42. The van der Waals surface area contributed by atoms with Gasteiger partial charge in [-0.05, 0) is 13.3 Å². The van der Waals surface area contributed by atoms with Crippen LogP contribution in [0, 0.1) is 6.92 Å². The molecule has 2 heterocycles. The molecule has 0 saturated heterocycles. The maximum Gasteiger partial charge on any atom is 0.321 e. The predicted molar refractivity (Wildman–Crippen MR) is 81.2 cm³/mol. The number of carbonyl (C=O) groups excluding carboxylic acids is 1. The molecular formula is C12H17N5OS2. The lowest BCUT2D eigenvalue weighted by molar-refractivity contribution is 0.251. The first-order valence-corrected chi connectivity index (χ1v) is 8.15. The van der Waals surface area contributed by atoms with Crippen LogP contribution in [-0.4, -0.2) is 21.2 Å². The summed E-state index contributed by atoms with van der Waals surface area (Å²) in [5.41, 5.74) is 0.864. The Labute approximate surface area is 125 Å². The number of rotatable bonds is 6. The van der Waals surface area contributed by atoms with Crippen molar-refractivity contribution in [2.75, 3.05) is 5.32 Å². The number of amides is 2. The van der Waals surface area contributed by atoms with Gasteiger partial charge in [-0.1, -0.05) is 24.7 Å². The normalized spacial score (nSPS) is 10.5. The molecule has 0 saturated carbocycles. The van der Waals surface area contributed by atoms with Crippen LogP contribution < -0.4 is 10.6 Å². The van der Waals surface area contributed by atoms with Crippen LogP contribution >= 0.6 is 22.7 Å². The number of thiazole rings is 1. The topological polar surface area (TPSA) is 79.8 Å². The zero-order valence-corrected chi connectivity index (χ0v) is 13.1. The first-order chi connectivity index (χ1) is 9.67. The molecule has 0 aromatic carbocycles. The summed E-state index contributed by atoms with van der Waals surface area (Å²) in [6, 6.07) is -0.283. The number of hydrogen-bond donors (Lipinski definition) is 2. The summed E-state index contributed by atoms with van der Waals surface area (Å²) < 4.78 is 0. The van der Waals surface area contributed by atoms with Crippen LogP contribution in [0.4, 0.5) is 9.93 Å². The summed E-state index contributed by atoms with van der Waals surface area (Å²) >= 11 is 2.99. The molecule has 0 bridgehead atoms. The van der Waals surface area contributed by atoms with E-state index in [9.17, 15) is 4.79 Å². The Morgan fingerprint density at radius 2 is 2.25 bits per heavy atom. The average Bonchev–Trinajstić information content (AvgIpc) is 3.03. The second-order valence-corrected chi connectivity index (χ2v) is 6.39. The third-order valence-electron chi connectivity index (χ3n) is 2.53. The molecule has 2 aromatic rings. The Morgan fingerprint density at radius 3 is 2.95 bits per heavy atom. The van der Waals surface area contributed by atoms with E-state index in [1.54, 1.807) is 11.3 Å². The van der Waals surface area contributed by atoms with E-state index >= 15 is 0 Å². The molecule has 0 aliphatic carbocycles. The first kappa shape index (κ1) is 14.9. The van der Waals surface area contributed by atoms with E-state index in [2.05, 4.69) is 32.7 Å². The molecule has 0 unspecified atom stereocenters. The minimum Gasteiger partial charge on any atom is -0.332 e. The largest absolute Gasteiger partial charge is 0.332 e. The van der Waals surface area contributed by atoms with Crippen LogP contribution in [-0.2, 0) is 13.0 Å². The third kappa shape index (κ3) is 4.53. The molecular weight excluding hydrogens is 294 g/mol. The van der Waals surface area contributed by atoms with E-state index in [4.69, 9.17) is 0 Å². The predicted octanol–water partition coefficient (Wildman–Crippen LogP) is 2.97. The highest BCUT2D eigenvalue weighted by atomic mass is 32.1. The van der Waals surface area contributed by atoms with Gasteiger partial charge in [0.25, 0.3) is 0 Å². The fraction of sp³-hybridized carbons (Fsp3) is 0.500. The quantitative estimate of drug-likeness (QED) is 0.859. The average molecular weight is 311 g/mol. The minimum atomic E-state index is -0.283. The van der Waals surface area contributed by atoms with Gasteiger partial charge in [-0.2, -0.15) is 0 Å². The second-order valence-electron chi connectivity index (χ2n) is 4.27. The molecule has 108 valence electrons. The monoisotopic (exact) mass is 311 g/mol. The SMILES string of the molecule is CCCCc1nnc(NC(=O)NCc2csc(C)n2)s1. The Hall–Kier alpha value is -1.54. The summed E-state index contributed by atoms with van der Waals surface area (Å²) in [7, 11) is 0. The smallest absolute Gasteiger partial charge is 0.321 e. The van der Waals surface area contributed by atoms with Gasteiger partial charge in [0.2, 0.25) is 5.13 Å². The molecule has 20 heavy (non-hydrogen) atoms. The van der Waals surface area contributed by atoms with E-state index in [0.29, 0.717) is 11.7 Å². The van der Waals surface area contributed by atoms with Crippen molar-refractivity contribution in [1.29, 1.82) is 0 Å². The molecule has 0 aliphatic heterocycles. The molecule has 2 aromatic heterocycles. The fourth-order valence-electron chi connectivity index (χ4n) is 1.53. The Bertz CT molecular complexity index is 566. The van der Waals surface area contributed by atoms with Crippen molar-refractivity contribution in [3.8, 4) is 0 Å². The van der Waals surface area contributed by atoms with E-state index in [1.807, 2.05) is 12.3 Å². The third-order valence-corrected chi connectivity index (χ3v) is 4.25. The van der Waals surface area contributed by atoms with Gasteiger partial charge < -0.3 is 5.32 Å². The van der Waals surface area contributed by atoms with Crippen molar-refractivity contribution in [3.05, 3.63) is 21.1 Å². The number of nitrogens with zero attached hydrogens (tertiary/aromatic N) is 3. The van der Waals surface area contributed by atoms with E-state index in [0.717, 1.165) is 35.0 Å². The number of urea groups is 1. The molecule has 0 fully saturated rings. The van der Waals surface area contributed by atoms with E-state index in [-0.39, 0.29) is 6.03 Å². The molecule has 8 heteroatoms. The summed E-state index contributed by atoms with van der Waals surface area (Å²) in [5.74, 6) is 0. The van der Waals surface area contributed by atoms with Gasteiger partial charge in [-0.15, -0.1) is 21.5 Å². The van der Waals surface area contributed by atoms with Crippen molar-refractivity contribution in [2.45, 2.75) is 39.7 Å². The molecule has 0 atom stereocenters. The van der Waals surface area contributed by atoms with Gasteiger partial charge in [0.1, 0.15) is 5.01 Å². The highest BCUT2D eigenvalue weighted by molar-refractivity contribution is 7.15. The van der Waals surface area contributed by atoms with E-state index in [1.165, 1.54) is 11.3 Å². The van der Waals surface area contributed by atoms with Crippen molar-refractivity contribution in [1.82, 2.24) is 20.5 Å².